The van der Waals surface area contributed by atoms with Crippen LogP contribution in [0.2, 0.25) is 0 Å². The highest BCUT2D eigenvalue weighted by Crippen LogP contribution is 2.21. The van der Waals surface area contributed by atoms with Crippen LogP contribution in [0.3, 0.4) is 0 Å². The summed E-state index contributed by atoms with van der Waals surface area (Å²) < 4.78 is 9.88. The molecule has 0 radical (unpaired) electrons. The smallest absolute Gasteiger partial charge is 0.346 e. The minimum absolute atomic E-state index is 0.0869. The van der Waals surface area contributed by atoms with Crippen LogP contribution in [0.1, 0.15) is 9.67 Å². The fourth-order valence-corrected chi connectivity index (χ4v) is 1.60. The number of rotatable bonds is 6. The van der Waals surface area contributed by atoms with Crippen LogP contribution in [0.5, 0.6) is 5.75 Å². The van der Waals surface area contributed by atoms with Gasteiger partial charge in [-0.1, -0.05) is 0 Å². The molecule has 5 nitrogen and oxygen atoms in total. The van der Waals surface area contributed by atoms with E-state index in [2.05, 4.69) is 0 Å². The predicted octanol–water partition coefficient (Wildman–Crippen LogP) is 0.832. The van der Waals surface area contributed by atoms with Gasteiger partial charge in [0.05, 0.1) is 6.61 Å². The molecule has 2 N–H and O–H groups in total. The van der Waals surface area contributed by atoms with E-state index in [9.17, 15) is 9.90 Å². The lowest BCUT2D eigenvalue weighted by Crippen LogP contribution is -2.22. The molecule has 0 amide bonds. The first-order valence-corrected chi connectivity index (χ1v) is 5.13. The third-order valence-electron chi connectivity index (χ3n) is 1.59. The number of ether oxygens (including phenoxy) is 2. The Morgan fingerprint density at radius 3 is 2.87 bits per heavy atom. The van der Waals surface area contributed by atoms with Gasteiger partial charge in [-0.25, -0.2) is 4.79 Å². The van der Waals surface area contributed by atoms with E-state index in [0.717, 1.165) is 11.3 Å². The van der Waals surface area contributed by atoms with Crippen LogP contribution in [-0.2, 0) is 4.74 Å². The van der Waals surface area contributed by atoms with Gasteiger partial charge in [-0.05, 0) is 0 Å². The molecule has 1 atom stereocenters. The van der Waals surface area contributed by atoms with Crippen molar-refractivity contribution in [2.24, 2.45) is 0 Å². The van der Waals surface area contributed by atoms with E-state index < -0.39 is 12.1 Å². The maximum Gasteiger partial charge on any atom is 0.346 e. The lowest BCUT2D eigenvalue weighted by Gasteiger charge is -2.09. The number of carboxylic acid groups (broad SMARTS) is 1. The minimum Gasteiger partial charge on any atom is -0.490 e. The van der Waals surface area contributed by atoms with Crippen molar-refractivity contribution in [2.75, 3.05) is 20.3 Å². The molecule has 0 spiro atoms. The number of hydrogen-bond donors (Lipinski definition) is 2. The van der Waals surface area contributed by atoms with E-state index in [0.29, 0.717) is 5.75 Å². The van der Waals surface area contributed by atoms with Gasteiger partial charge < -0.3 is 19.7 Å². The molecule has 1 heterocycles. The number of aliphatic hydroxyl groups is 1. The van der Waals surface area contributed by atoms with Gasteiger partial charge in [0.2, 0.25) is 0 Å². The number of carbonyl (C=O) groups is 1. The van der Waals surface area contributed by atoms with Crippen molar-refractivity contribution in [1.82, 2.24) is 0 Å². The summed E-state index contributed by atoms with van der Waals surface area (Å²) in [5.41, 5.74) is 0. The molecule has 15 heavy (non-hydrogen) atoms. The summed E-state index contributed by atoms with van der Waals surface area (Å²) in [5, 5.41) is 19.5. The van der Waals surface area contributed by atoms with E-state index in [1.165, 1.54) is 13.2 Å². The number of aliphatic hydroxyl groups excluding tert-OH is 1. The van der Waals surface area contributed by atoms with E-state index in [-0.39, 0.29) is 18.1 Å². The van der Waals surface area contributed by atoms with Gasteiger partial charge in [0.15, 0.2) is 0 Å². The standard InChI is InChI=1S/C9H12O5S/c1-13-3-6(10)4-14-7-2-8(9(11)12)15-5-7/h2,5-6,10H,3-4H2,1H3,(H,11,12). The third kappa shape index (κ3) is 3.86. The second-order valence-corrected chi connectivity index (χ2v) is 3.78. The predicted molar refractivity (Wildman–Crippen MR) is 54.7 cm³/mol. The van der Waals surface area contributed by atoms with Crippen molar-refractivity contribution >= 4 is 17.3 Å². The summed E-state index contributed by atoms with van der Waals surface area (Å²) in [6.07, 6.45) is -0.705. The molecule has 0 aliphatic rings. The van der Waals surface area contributed by atoms with Crippen LogP contribution in [-0.4, -0.2) is 42.6 Å². The van der Waals surface area contributed by atoms with Gasteiger partial charge in [0.25, 0.3) is 0 Å². The number of aromatic carboxylic acids is 1. The molecule has 0 saturated heterocycles. The van der Waals surface area contributed by atoms with E-state index >= 15 is 0 Å². The minimum atomic E-state index is -0.979. The Bertz CT molecular complexity index is 322. The average molecular weight is 232 g/mol. The van der Waals surface area contributed by atoms with Crippen LogP contribution in [0.15, 0.2) is 11.4 Å². The van der Waals surface area contributed by atoms with E-state index in [4.69, 9.17) is 14.6 Å². The molecule has 0 bridgehead atoms. The summed E-state index contributed by atoms with van der Waals surface area (Å²) in [4.78, 5) is 10.8. The molecule has 1 aromatic rings. The summed E-state index contributed by atoms with van der Waals surface area (Å²) in [6, 6.07) is 1.42. The lowest BCUT2D eigenvalue weighted by molar-refractivity contribution is 0.0326. The Labute approximate surface area is 90.9 Å². The molecule has 1 rings (SSSR count). The molecule has 6 heteroatoms. The van der Waals surface area contributed by atoms with Crippen molar-refractivity contribution in [3.8, 4) is 5.75 Å². The van der Waals surface area contributed by atoms with E-state index in [1.807, 2.05) is 0 Å². The highest BCUT2D eigenvalue weighted by atomic mass is 32.1. The zero-order valence-corrected chi connectivity index (χ0v) is 8.99. The maximum absolute atomic E-state index is 10.5. The quantitative estimate of drug-likeness (QED) is 0.759. The van der Waals surface area contributed by atoms with Crippen molar-refractivity contribution in [3.63, 3.8) is 0 Å². The molecule has 1 unspecified atom stereocenters. The molecule has 0 aliphatic heterocycles. The van der Waals surface area contributed by atoms with Crippen LogP contribution < -0.4 is 4.74 Å². The zero-order valence-electron chi connectivity index (χ0n) is 8.17. The SMILES string of the molecule is COCC(O)COc1csc(C(=O)O)c1. The van der Waals surface area contributed by atoms with E-state index in [1.54, 1.807) is 5.38 Å². The first kappa shape index (κ1) is 12.0. The summed E-state index contributed by atoms with van der Waals surface area (Å²) >= 11 is 1.09. The molecular formula is C9H12O5S. The highest BCUT2D eigenvalue weighted by molar-refractivity contribution is 7.12. The Kier molecular flexibility index (Phi) is 4.54. The van der Waals surface area contributed by atoms with Crippen molar-refractivity contribution in [1.29, 1.82) is 0 Å². The molecule has 0 aromatic carbocycles. The van der Waals surface area contributed by atoms with Gasteiger partial charge in [0, 0.05) is 18.6 Å². The summed E-state index contributed by atoms with van der Waals surface area (Å²) in [7, 11) is 1.48. The number of carboxylic acids is 1. The zero-order chi connectivity index (χ0) is 11.3. The number of thiophene rings is 1. The summed E-state index contributed by atoms with van der Waals surface area (Å²) in [6.45, 7) is 0.277. The monoisotopic (exact) mass is 232 g/mol. The molecule has 0 saturated carbocycles. The number of hydrogen-bond acceptors (Lipinski definition) is 5. The fourth-order valence-electron chi connectivity index (χ4n) is 0.940. The van der Waals surface area contributed by atoms with Gasteiger partial charge in [-0.15, -0.1) is 11.3 Å². The molecule has 0 aliphatic carbocycles. The normalized spacial score (nSPS) is 12.4. The van der Waals surface area contributed by atoms with Crippen molar-refractivity contribution in [3.05, 3.63) is 16.3 Å². The van der Waals surface area contributed by atoms with Crippen LogP contribution >= 0.6 is 11.3 Å². The fraction of sp³-hybridized carbons (Fsp3) is 0.444. The Morgan fingerprint density at radius 2 is 2.33 bits per heavy atom. The Balaban J connectivity index is 2.40. The van der Waals surface area contributed by atoms with Crippen LogP contribution in [0.4, 0.5) is 0 Å². The second kappa shape index (κ2) is 5.69. The van der Waals surface area contributed by atoms with Gasteiger partial charge in [-0.2, -0.15) is 0 Å². The highest BCUT2D eigenvalue weighted by Gasteiger charge is 2.09. The Hall–Kier alpha value is -1.11. The first-order chi connectivity index (χ1) is 7.13. The molecular weight excluding hydrogens is 220 g/mol. The van der Waals surface area contributed by atoms with Gasteiger partial charge >= 0.3 is 5.97 Å². The topological polar surface area (TPSA) is 76.0 Å². The largest absolute Gasteiger partial charge is 0.490 e. The van der Waals surface area contributed by atoms with Crippen LogP contribution in [0, 0.1) is 0 Å². The lowest BCUT2D eigenvalue weighted by atomic mass is 10.4. The molecule has 1 aromatic heterocycles. The van der Waals surface area contributed by atoms with Gasteiger partial charge in [-0.3, -0.25) is 0 Å². The maximum atomic E-state index is 10.5. The molecule has 0 fully saturated rings. The molecule has 84 valence electrons. The van der Waals surface area contributed by atoms with Crippen LogP contribution in [0.25, 0.3) is 0 Å². The average Bonchev–Trinajstić information content (AvgIpc) is 2.63. The van der Waals surface area contributed by atoms with Crippen molar-refractivity contribution < 1.29 is 24.5 Å². The third-order valence-corrected chi connectivity index (χ3v) is 2.48. The van der Waals surface area contributed by atoms with Gasteiger partial charge in [0.1, 0.15) is 23.3 Å². The second-order valence-electron chi connectivity index (χ2n) is 2.87. The first-order valence-electron chi connectivity index (χ1n) is 4.25. The van der Waals surface area contributed by atoms with Crippen molar-refractivity contribution in [2.45, 2.75) is 6.10 Å². The number of methoxy groups -OCH3 is 1. The summed E-state index contributed by atoms with van der Waals surface area (Å²) in [5.74, 6) is -0.528. The Morgan fingerprint density at radius 1 is 1.60 bits per heavy atom.